The highest BCUT2D eigenvalue weighted by Crippen LogP contribution is 2.45. The van der Waals surface area contributed by atoms with Gasteiger partial charge in [0.15, 0.2) is 0 Å². The molecule has 3 atom stereocenters. The van der Waals surface area contributed by atoms with Crippen LogP contribution in [0.1, 0.15) is 37.1 Å². The zero-order chi connectivity index (χ0) is 19.0. The third kappa shape index (κ3) is 3.04. The summed E-state index contributed by atoms with van der Waals surface area (Å²) in [5, 5.41) is 1.34. The topological polar surface area (TPSA) is 54.6 Å². The SMILES string of the molecule is CC[C@@H]1CN2CCc3c([nH]c4ccccc34)[C@@H]2C[C@H]1/C(=C\OC)C(=O)OC. The second-order valence-corrected chi connectivity index (χ2v) is 7.63. The van der Waals surface area contributed by atoms with Gasteiger partial charge in [0.2, 0.25) is 0 Å². The maximum absolute atomic E-state index is 12.4. The molecule has 0 radical (unpaired) electrons. The Hall–Kier alpha value is -2.27. The average Bonchev–Trinajstić information content (AvgIpc) is 3.09. The van der Waals surface area contributed by atoms with Crippen LogP contribution in [-0.2, 0) is 20.7 Å². The Labute approximate surface area is 160 Å². The minimum absolute atomic E-state index is 0.140. The minimum atomic E-state index is -0.276. The van der Waals surface area contributed by atoms with Gasteiger partial charge in [-0.1, -0.05) is 31.5 Å². The Morgan fingerprint density at radius 3 is 2.89 bits per heavy atom. The van der Waals surface area contributed by atoms with E-state index >= 15 is 0 Å². The number of carbonyl (C=O) groups excluding carboxylic acids is 1. The number of aromatic nitrogens is 1. The lowest BCUT2D eigenvalue weighted by atomic mass is 9.74. The van der Waals surface area contributed by atoms with E-state index in [-0.39, 0.29) is 11.9 Å². The van der Waals surface area contributed by atoms with Crippen LogP contribution >= 0.6 is 0 Å². The van der Waals surface area contributed by atoms with Gasteiger partial charge in [0.25, 0.3) is 0 Å². The molecular weight excluding hydrogens is 340 g/mol. The van der Waals surface area contributed by atoms with Crippen molar-refractivity contribution >= 4 is 16.9 Å². The van der Waals surface area contributed by atoms with Crippen molar-refractivity contribution < 1.29 is 14.3 Å². The molecule has 0 unspecified atom stereocenters. The van der Waals surface area contributed by atoms with Gasteiger partial charge in [-0.3, -0.25) is 4.90 Å². The molecule has 0 amide bonds. The van der Waals surface area contributed by atoms with Crippen LogP contribution in [0, 0.1) is 11.8 Å². The number of hydrogen-bond acceptors (Lipinski definition) is 4. The lowest BCUT2D eigenvalue weighted by Gasteiger charge is -2.46. The molecule has 5 heteroatoms. The number of nitrogens with zero attached hydrogens (tertiary/aromatic N) is 1. The number of aromatic amines is 1. The molecule has 0 saturated carbocycles. The molecule has 1 N–H and O–H groups in total. The molecule has 0 aliphatic carbocycles. The molecule has 0 spiro atoms. The van der Waals surface area contributed by atoms with Gasteiger partial charge in [0, 0.05) is 29.7 Å². The highest BCUT2D eigenvalue weighted by molar-refractivity contribution is 5.89. The number of ether oxygens (including phenoxy) is 2. The second kappa shape index (κ2) is 7.39. The van der Waals surface area contributed by atoms with Crippen molar-refractivity contribution in [3.63, 3.8) is 0 Å². The van der Waals surface area contributed by atoms with E-state index in [9.17, 15) is 4.79 Å². The zero-order valence-electron chi connectivity index (χ0n) is 16.3. The second-order valence-electron chi connectivity index (χ2n) is 7.63. The Bertz CT molecular complexity index is 870. The van der Waals surface area contributed by atoms with Crippen LogP contribution in [0.5, 0.6) is 0 Å². The first-order valence-electron chi connectivity index (χ1n) is 9.82. The Morgan fingerprint density at radius 1 is 1.33 bits per heavy atom. The summed E-state index contributed by atoms with van der Waals surface area (Å²) in [6.45, 7) is 4.28. The first kappa shape index (κ1) is 18.1. The maximum atomic E-state index is 12.4. The summed E-state index contributed by atoms with van der Waals surface area (Å²) in [4.78, 5) is 18.7. The molecule has 2 aromatic rings. The van der Waals surface area contributed by atoms with Crippen molar-refractivity contribution in [1.29, 1.82) is 0 Å². The van der Waals surface area contributed by atoms with E-state index in [0.717, 1.165) is 32.4 Å². The van der Waals surface area contributed by atoms with E-state index in [1.807, 2.05) is 0 Å². The third-order valence-electron chi connectivity index (χ3n) is 6.37. The Kier molecular flexibility index (Phi) is 4.96. The zero-order valence-corrected chi connectivity index (χ0v) is 16.3. The van der Waals surface area contributed by atoms with Crippen molar-refractivity contribution in [3.8, 4) is 0 Å². The highest BCUT2D eigenvalue weighted by atomic mass is 16.5. The molecule has 0 bridgehead atoms. The van der Waals surface area contributed by atoms with Gasteiger partial charge in [0.05, 0.1) is 32.1 Å². The lowest BCUT2D eigenvalue weighted by molar-refractivity contribution is -0.137. The number of fused-ring (bicyclic) bond motifs is 5. The van der Waals surface area contributed by atoms with Crippen molar-refractivity contribution in [1.82, 2.24) is 9.88 Å². The predicted molar refractivity (Wildman–Crippen MR) is 105 cm³/mol. The van der Waals surface area contributed by atoms with Gasteiger partial charge in [0.1, 0.15) is 0 Å². The fourth-order valence-corrected chi connectivity index (χ4v) is 5.04. The molecule has 1 fully saturated rings. The quantitative estimate of drug-likeness (QED) is 0.506. The van der Waals surface area contributed by atoms with Crippen LogP contribution < -0.4 is 0 Å². The van der Waals surface area contributed by atoms with Gasteiger partial charge in [-0.25, -0.2) is 4.79 Å². The summed E-state index contributed by atoms with van der Waals surface area (Å²) in [7, 11) is 3.04. The summed E-state index contributed by atoms with van der Waals surface area (Å²) in [6.07, 6.45) is 4.60. The molecule has 27 heavy (non-hydrogen) atoms. The van der Waals surface area contributed by atoms with Crippen LogP contribution in [0.25, 0.3) is 10.9 Å². The summed E-state index contributed by atoms with van der Waals surface area (Å²) >= 11 is 0. The van der Waals surface area contributed by atoms with Crippen molar-refractivity contribution in [2.24, 2.45) is 11.8 Å². The number of hydrogen-bond donors (Lipinski definition) is 1. The van der Waals surface area contributed by atoms with Crippen molar-refractivity contribution in [2.75, 3.05) is 27.3 Å². The number of benzene rings is 1. The fraction of sp³-hybridized carbons (Fsp3) is 0.500. The molecule has 2 aliphatic rings. The summed E-state index contributed by atoms with van der Waals surface area (Å²) in [6, 6.07) is 8.85. The van der Waals surface area contributed by atoms with E-state index in [1.54, 1.807) is 13.4 Å². The van der Waals surface area contributed by atoms with Gasteiger partial charge < -0.3 is 14.5 Å². The number of carbonyl (C=O) groups is 1. The molecule has 5 nitrogen and oxygen atoms in total. The number of esters is 1. The summed E-state index contributed by atoms with van der Waals surface area (Å²) < 4.78 is 10.3. The average molecular weight is 368 g/mol. The van der Waals surface area contributed by atoms with Crippen LogP contribution in [0.15, 0.2) is 36.1 Å². The summed E-state index contributed by atoms with van der Waals surface area (Å²) in [5.41, 5.74) is 4.63. The number of methoxy groups -OCH3 is 2. The molecule has 1 aromatic heterocycles. The Morgan fingerprint density at radius 2 is 2.15 bits per heavy atom. The maximum Gasteiger partial charge on any atom is 0.337 e. The molecule has 1 aromatic carbocycles. The van der Waals surface area contributed by atoms with Crippen LogP contribution in [0.4, 0.5) is 0 Å². The van der Waals surface area contributed by atoms with Gasteiger partial charge in [-0.05, 0) is 36.3 Å². The van der Waals surface area contributed by atoms with Gasteiger partial charge in [-0.2, -0.15) is 0 Å². The van der Waals surface area contributed by atoms with Crippen LogP contribution in [0.3, 0.4) is 0 Å². The molecule has 144 valence electrons. The molecule has 1 saturated heterocycles. The number of nitrogens with one attached hydrogen (secondary N) is 1. The molecular formula is C22H28N2O3. The monoisotopic (exact) mass is 368 g/mol. The van der Waals surface area contributed by atoms with E-state index in [0.29, 0.717) is 17.5 Å². The first-order valence-corrected chi connectivity index (χ1v) is 9.82. The summed E-state index contributed by atoms with van der Waals surface area (Å²) in [5.74, 6) is 0.287. The number of H-pyrrole nitrogens is 1. The fourth-order valence-electron chi connectivity index (χ4n) is 5.04. The molecule has 2 aliphatic heterocycles. The van der Waals surface area contributed by atoms with Crippen molar-refractivity contribution in [2.45, 2.75) is 32.2 Å². The smallest absolute Gasteiger partial charge is 0.337 e. The standard InChI is InChI=1S/C22H28N2O3/c1-4-14-12-24-10-9-16-15-7-5-6-8-19(15)23-21(16)20(24)11-17(14)18(13-26-2)22(25)27-3/h5-8,13-14,17,20,23H,4,9-12H2,1-3H3/b18-13+/t14-,17-,20+/m1/s1. The van der Waals surface area contributed by atoms with Crippen LogP contribution in [0.2, 0.25) is 0 Å². The highest BCUT2D eigenvalue weighted by Gasteiger charge is 2.42. The lowest BCUT2D eigenvalue weighted by Crippen LogP contribution is -2.47. The van der Waals surface area contributed by atoms with Crippen LogP contribution in [-0.4, -0.2) is 43.2 Å². The third-order valence-corrected chi connectivity index (χ3v) is 6.37. The first-order chi connectivity index (χ1) is 13.2. The number of piperidine rings is 1. The number of rotatable bonds is 4. The van der Waals surface area contributed by atoms with E-state index in [2.05, 4.69) is 41.1 Å². The van der Waals surface area contributed by atoms with E-state index in [4.69, 9.17) is 9.47 Å². The van der Waals surface area contributed by atoms with Crippen molar-refractivity contribution in [3.05, 3.63) is 47.4 Å². The molecule has 4 rings (SSSR count). The largest absolute Gasteiger partial charge is 0.504 e. The number of para-hydroxylation sites is 1. The van der Waals surface area contributed by atoms with E-state index < -0.39 is 0 Å². The Balaban J connectivity index is 1.73. The predicted octanol–water partition coefficient (Wildman–Crippen LogP) is 3.82. The van der Waals surface area contributed by atoms with E-state index in [1.165, 1.54) is 29.3 Å². The molecule has 3 heterocycles. The minimum Gasteiger partial charge on any atom is -0.504 e. The van der Waals surface area contributed by atoms with Gasteiger partial charge >= 0.3 is 5.97 Å². The normalized spacial score (nSPS) is 25.7. The van der Waals surface area contributed by atoms with Gasteiger partial charge in [-0.15, -0.1) is 0 Å².